The Morgan fingerprint density at radius 2 is 1.71 bits per heavy atom. The van der Waals surface area contributed by atoms with Crippen molar-refractivity contribution in [3.8, 4) is 0 Å². The maximum absolute atomic E-state index is 13.5. The standard InChI is InChI=1S/C31H44N2O5/c1-3-5-7-15-26(20-24-13-8-6-9-14-24)31(37)38-23-28-17-11-19-33(28)30(36)25(12-4-2)21-29(35)32-18-10-16-27(32)22-34/h3-4,6,8-9,13-14,25-28,34H,1-2,5,7,10-12,15-23H2. The van der Waals surface area contributed by atoms with Crippen molar-refractivity contribution in [1.82, 2.24) is 9.80 Å². The Hall–Kier alpha value is -2.93. The average Bonchev–Trinajstić information content (AvgIpc) is 3.61. The number of rotatable bonds is 15. The van der Waals surface area contributed by atoms with Gasteiger partial charge in [0.1, 0.15) is 6.61 Å². The Bertz CT molecular complexity index is 933. The molecule has 2 saturated heterocycles. The second-order valence-corrected chi connectivity index (χ2v) is 10.6. The number of hydrogen-bond acceptors (Lipinski definition) is 5. The summed E-state index contributed by atoms with van der Waals surface area (Å²) in [7, 11) is 0. The molecule has 2 amide bonds. The zero-order valence-electron chi connectivity index (χ0n) is 22.6. The number of carbonyl (C=O) groups excluding carboxylic acids is 3. The van der Waals surface area contributed by atoms with Crippen LogP contribution in [0.3, 0.4) is 0 Å². The summed E-state index contributed by atoms with van der Waals surface area (Å²) in [5.74, 6) is -1.13. The highest BCUT2D eigenvalue weighted by atomic mass is 16.5. The van der Waals surface area contributed by atoms with Crippen molar-refractivity contribution in [3.63, 3.8) is 0 Å². The fraction of sp³-hybridized carbons (Fsp3) is 0.581. The number of aliphatic hydroxyl groups excluding tert-OH is 1. The van der Waals surface area contributed by atoms with Gasteiger partial charge in [0.2, 0.25) is 11.8 Å². The molecule has 0 bridgehead atoms. The van der Waals surface area contributed by atoms with Gasteiger partial charge in [0.25, 0.3) is 0 Å². The molecule has 7 nitrogen and oxygen atoms in total. The fourth-order valence-corrected chi connectivity index (χ4v) is 5.69. The maximum atomic E-state index is 13.5. The second kappa shape index (κ2) is 15.5. The van der Waals surface area contributed by atoms with Gasteiger partial charge in [-0.2, -0.15) is 0 Å². The maximum Gasteiger partial charge on any atom is 0.309 e. The highest BCUT2D eigenvalue weighted by molar-refractivity contribution is 5.86. The van der Waals surface area contributed by atoms with E-state index in [9.17, 15) is 19.5 Å². The summed E-state index contributed by atoms with van der Waals surface area (Å²) < 4.78 is 5.82. The second-order valence-electron chi connectivity index (χ2n) is 10.6. The van der Waals surface area contributed by atoms with E-state index in [2.05, 4.69) is 13.2 Å². The Kier molecular flexibility index (Phi) is 12.1. The molecule has 0 aromatic heterocycles. The van der Waals surface area contributed by atoms with Crippen molar-refractivity contribution < 1.29 is 24.2 Å². The van der Waals surface area contributed by atoms with Crippen LogP contribution < -0.4 is 0 Å². The first-order valence-corrected chi connectivity index (χ1v) is 14.1. The molecule has 0 spiro atoms. The number of hydrogen-bond donors (Lipinski definition) is 1. The van der Waals surface area contributed by atoms with E-state index < -0.39 is 5.92 Å². The molecule has 1 aromatic rings. The van der Waals surface area contributed by atoms with E-state index in [4.69, 9.17) is 4.74 Å². The minimum Gasteiger partial charge on any atom is -0.463 e. The molecule has 4 unspecified atom stereocenters. The Balaban J connectivity index is 1.59. The average molecular weight is 525 g/mol. The van der Waals surface area contributed by atoms with E-state index in [1.807, 2.05) is 36.4 Å². The van der Waals surface area contributed by atoms with Crippen LogP contribution in [0.25, 0.3) is 0 Å². The van der Waals surface area contributed by atoms with E-state index in [1.54, 1.807) is 15.9 Å². The van der Waals surface area contributed by atoms with Crippen molar-refractivity contribution in [1.29, 1.82) is 0 Å². The molecule has 0 radical (unpaired) electrons. The Morgan fingerprint density at radius 1 is 1.00 bits per heavy atom. The Morgan fingerprint density at radius 3 is 2.39 bits per heavy atom. The number of likely N-dealkylation sites (tertiary alicyclic amines) is 2. The largest absolute Gasteiger partial charge is 0.463 e. The monoisotopic (exact) mass is 524 g/mol. The number of allylic oxidation sites excluding steroid dienone is 2. The van der Waals surface area contributed by atoms with Gasteiger partial charge in [0.05, 0.1) is 30.5 Å². The predicted molar refractivity (Wildman–Crippen MR) is 148 cm³/mol. The minimum absolute atomic E-state index is 0.0514. The van der Waals surface area contributed by atoms with Crippen LogP contribution in [0.15, 0.2) is 55.6 Å². The van der Waals surface area contributed by atoms with Gasteiger partial charge in [-0.15, -0.1) is 13.2 Å². The summed E-state index contributed by atoms with van der Waals surface area (Å²) in [5.41, 5.74) is 1.10. The Labute approximate surface area is 227 Å². The molecule has 2 fully saturated rings. The zero-order valence-corrected chi connectivity index (χ0v) is 22.6. The number of amides is 2. The number of esters is 1. The number of benzene rings is 1. The molecule has 1 aromatic carbocycles. The van der Waals surface area contributed by atoms with Crippen LogP contribution in [-0.4, -0.2) is 71.1 Å². The fourth-order valence-electron chi connectivity index (χ4n) is 5.69. The topological polar surface area (TPSA) is 87.2 Å². The number of aliphatic hydroxyl groups is 1. The quantitative estimate of drug-likeness (QED) is 0.210. The first-order chi connectivity index (χ1) is 18.5. The van der Waals surface area contributed by atoms with Gasteiger partial charge in [-0.05, 0) is 63.4 Å². The van der Waals surface area contributed by atoms with Gasteiger partial charge in [-0.1, -0.05) is 42.5 Å². The molecule has 4 atom stereocenters. The zero-order chi connectivity index (χ0) is 27.3. The first-order valence-electron chi connectivity index (χ1n) is 14.1. The van der Waals surface area contributed by atoms with Gasteiger partial charge < -0.3 is 19.6 Å². The lowest BCUT2D eigenvalue weighted by Crippen LogP contribution is -2.45. The van der Waals surface area contributed by atoms with Crippen molar-refractivity contribution >= 4 is 17.8 Å². The van der Waals surface area contributed by atoms with Gasteiger partial charge in [-0.25, -0.2) is 0 Å². The van der Waals surface area contributed by atoms with Crippen molar-refractivity contribution in [2.45, 2.75) is 76.3 Å². The predicted octanol–water partition coefficient (Wildman–Crippen LogP) is 4.30. The lowest BCUT2D eigenvalue weighted by atomic mass is 9.94. The van der Waals surface area contributed by atoms with Crippen LogP contribution >= 0.6 is 0 Å². The molecular weight excluding hydrogens is 480 g/mol. The molecule has 0 aliphatic carbocycles. The van der Waals surface area contributed by atoms with Crippen LogP contribution in [0.1, 0.15) is 63.4 Å². The number of nitrogens with zero attached hydrogens (tertiary/aromatic N) is 2. The lowest BCUT2D eigenvalue weighted by molar-refractivity contribution is -0.153. The summed E-state index contributed by atoms with van der Waals surface area (Å²) in [4.78, 5) is 43.2. The van der Waals surface area contributed by atoms with Crippen molar-refractivity contribution in [3.05, 3.63) is 61.2 Å². The highest BCUT2D eigenvalue weighted by Gasteiger charge is 2.37. The molecule has 0 saturated carbocycles. The third kappa shape index (κ3) is 8.29. The summed E-state index contributed by atoms with van der Waals surface area (Å²) >= 11 is 0. The van der Waals surface area contributed by atoms with Crippen LogP contribution in [0, 0.1) is 11.8 Å². The highest BCUT2D eigenvalue weighted by Crippen LogP contribution is 2.26. The lowest BCUT2D eigenvalue weighted by Gasteiger charge is -2.30. The normalized spacial score (nSPS) is 20.7. The van der Waals surface area contributed by atoms with E-state index in [1.165, 1.54) is 0 Å². The van der Waals surface area contributed by atoms with E-state index >= 15 is 0 Å². The van der Waals surface area contributed by atoms with E-state index in [-0.39, 0.29) is 55.4 Å². The first kappa shape index (κ1) is 29.6. The smallest absolute Gasteiger partial charge is 0.309 e. The van der Waals surface area contributed by atoms with Crippen LogP contribution in [-0.2, 0) is 25.5 Å². The SMILES string of the molecule is C=CCCCC(Cc1ccccc1)C(=O)OCC1CCCN1C(=O)C(CC=C)CC(=O)N1CCCC1CO. The van der Waals surface area contributed by atoms with Gasteiger partial charge >= 0.3 is 5.97 Å². The van der Waals surface area contributed by atoms with Gasteiger partial charge in [-0.3, -0.25) is 14.4 Å². The minimum atomic E-state index is -0.499. The molecule has 1 N–H and O–H groups in total. The number of carbonyl (C=O) groups is 3. The van der Waals surface area contributed by atoms with E-state index in [0.29, 0.717) is 25.9 Å². The van der Waals surface area contributed by atoms with E-state index in [0.717, 1.165) is 50.5 Å². The molecule has 2 aliphatic heterocycles. The summed E-state index contributed by atoms with van der Waals surface area (Å²) in [6, 6.07) is 9.62. The van der Waals surface area contributed by atoms with Crippen LogP contribution in [0.4, 0.5) is 0 Å². The number of ether oxygens (including phenoxy) is 1. The molecule has 3 rings (SSSR count). The molecule has 2 aliphatic rings. The number of unbranched alkanes of at least 4 members (excludes halogenated alkanes) is 1. The van der Waals surface area contributed by atoms with Gasteiger partial charge in [0.15, 0.2) is 0 Å². The third-order valence-corrected chi connectivity index (χ3v) is 7.83. The van der Waals surface area contributed by atoms with Gasteiger partial charge in [0, 0.05) is 19.5 Å². The summed E-state index contributed by atoms with van der Waals surface area (Å²) in [6.07, 6.45) is 10.4. The van der Waals surface area contributed by atoms with Crippen molar-refractivity contribution in [2.75, 3.05) is 26.3 Å². The molecule has 208 valence electrons. The third-order valence-electron chi connectivity index (χ3n) is 7.83. The van der Waals surface area contributed by atoms with Crippen LogP contribution in [0.5, 0.6) is 0 Å². The van der Waals surface area contributed by atoms with Crippen LogP contribution in [0.2, 0.25) is 0 Å². The molecule has 2 heterocycles. The molecule has 38 heavy (non-hydrogen) atoms. The molecular formula is C31H44N2O5. The summed E-state index contributed by atoms with van der Waals surface area (Å²) in [6.45, 7) is 8.92. The molecule has 7 heteroatoms. The summed E-state index contributed by atoms with van der Waals surface area (Å²) in [5, 5.41) is 9.59. The van der Waals surface area contributed by atoms with Crippen molar-refractivity contribution in [2.24, 2.45) is 11.8 Å².